The molecule has 0 heterocycles. The van der Waals surface area contributed by atoms with Gasteiger partial charge >= 0.3 is 10.1 Å². The van der Waals surface area contributed by atoms with Gasteiger partial charge in [0.2, 0.25) is 10.0 Å². The number of rotatable bonds is 10. The molecular formula is C21H29NO6S2. The van der Waals surface area contributed by atoms with E-state index in [-0.39, 0.29) is 12.3 Å². The number of benzene rings is 2. The molecule has 0 atom stereocenters. The van der Waals surface area contributed by atoms with Gasteiger partial charge < -0.3 is 8.92 Å². The van der Waals surface area contributed by atoms with Crippen LogP contribution < -0.4 is 4.18 Å². The Morgan fingerprint density at radius 3 is 2.00 bits per heavy atom. The van der Waals surface area contributed by atoms with Crippen molar-refractivity contribution in [2.24, 2.45) is 0 Å². The van der Waals surface area contributed by atoms with Gasteiger partial charge in [0, 0.05) is 26.8 Å². The van der Waals surface area contributed by atoms with Gasteiger partial charge in [0.05, 0.1) is 11.2 Å². The van der Waals surface area contributed by atoms with Crippen LogP contribution in [-0.2, 0) is 31.4 Å². The summed E-state index contributed by atoms with van der Waals surface area (Å²) < 4.78 is 60.9. The van der Waals surface area contributed by atoms with Crippen LogP contribution >= 0.6 is 0 Å². The molecule has 30 heavy (non-hydrogen) atoms. The Labute approximate surface area is 179 Å². The predicted molar refractivity (Wildman–Crippen MR) is 117 cm³/mol. The monoisotopic (exact) mass is 455 g/mol. The van der Waals surface area contributed by atoms with E-state index in [4.69, 9.17) is 8.92 Å². The highest BCUT2D eigenvalue weighted by Crippen LogP contribution is 2.27. The number of nitrogens with zero attached hydrogens (tertiary/aromatic N) is 1. The maximum Gasteiger partial charge on any atom is 0.306 e. The molecule has 0 unspecified atom stereocenters. The maximum absolute atomic E-state index is 13.5. The van der Waals surface area contributed by atoms with Crippen LogP contribution in [0, 0.1) is 20.8 Å². The molecular weight excluding hydrogens is 426 g/mol. The third-order valence-electron chi connectivity index (χ3n) is 4.49. The highest BCUT2D eigenvalue weighted by atomic mass is 32.2. The number of hydrogen-bond acceptors (Lipinski definition) is 6. The zero-order valence-corrected chi connectivity index (χ0v) is 19.6. The molecule has 0 amide bonds. The van der Waals surface area contributed by atoms with Gasteiger partial charge in [-0.1, -0.05) is 29.8 Å². The lowest BCUT2D eigenvalue weighted by Crippen LogP contribution is -2.33. The van der Waals surface area contributed by atoms with Crippen LogP contribution in [0.4, 0.5) is 0 Å². The highest BCUT2D eigenvalue weighted by molar-refractivity contribution is 7.89. The van der Waals surface area contributed by atoms with Crippen LogP contribution in [0.2, 0.25) is 0 Å². The van der Waals surface area contributed by atoms with Crippen LogP contribution in [0.25, 0.3) is 0 Å². The summed E-state index contributed by atoms with van der Waals surface area (Å²) in [5.74, 6) is 0.181. The van der Waals surface area contributed by atoms with Crippen molar-refractivity contribution in [3.05, 3.63) is 58.7 Å². The number of hydrogen-bond donors (Lipinski definition) is 0. The predicted octanol–water partition coefficient (Wildman–Crippen LogP) is 3.18. The normalized spacial score (nSPS) is 12.3. The summed E-state index contributed by atoms with van der Waals surface area (Å²) in [4.78, 5) is 0.322. The van der Waals surface area contributed by atoms with Crippen molar-refractivity contribution in [3.8, 4) is 5.75 Å². The first-order valence-corrected chi connectivity index (χ1v) is 12.7. The molecule has 0 radical (unpaired) electrons. The second-order valence-electron chi connectivity index (χ2n) is 7.34. The van der Waals surface area contributed by atoms with E-state index in [2.05, 4.69) is 0 Å². The van der Waals surface area contributed by atoms with Gasteiger partial charge in [-0.25, -0.2) is 8.42 Å². The Morgan fingerprint density at radius 2 is 1.50 bits per heavy atom. The zero-order chi connectivity index (χ0) is 22.5. The second kappa shape index (κ2) is 9.91. The van der Waals surface area contributed by atoms with Crippen molar-refractivity contribution in [3.63, 3.8) is 0 Å². The molecule has 2 aromatic rings. The van der Waals surface area contributed by atoms with Gasteiger partial charge in [-0.15, -0.1) is 0 Å². The summed E-state index contributed by atoms with van der Waals surface area (Å²) in [7, 11) is -5.79. The van der Waals surface area contributed by atoms with Crippen molar-refractivity contribution >= 4 is 20.1 Å². The molecule has 9 heteroatoms. The summed E-state index contributed by atoms with van der Waals surface area (Å²) >= 11 is 0. The fourth-order valence-electron chi connectivity index (χ4n) is 3.40. The maximum atomic E-state index is 13.5. The molecule has 0 aromatic heterocycles. The third-order valence-corrected chi connectivity index (χ3v) is 7.13. The summed E-state index contributed by atoms with van der Waals surface area (Å²) in [6, 6.07) is 10.1. The van der Waals surface area contributed by atoms with Crippen LogP contribution in [0.15, 0.2) is 41.3 Å². The summed E-state index contributed by atoms with van der Waals surface area (Å²) in [5, 5.41) is 0. The molecule has 0 aliphatic heterocycles. The Bertz CT molecular complexity index is 1050. The second-order valence-corrected chi connectivity index (χ2v) is 10.8. The molecule has 2 aromatic carbocycles. The van der Waals surface area contributed by atoms with Gasteiger partial charge in [0.1, 0.15) is 5.75 Å². The molecule has 0 saturated carbocycles. The number of sulfonamides is 1. The van der Waals surface area contributed by atoms with Crippen molar-refractivity contribution in [1.82, 2.24) is 4.31 Å². The number of ether oxygens (including phenoxy) is 1. The lowest BCUT2D eigenvalue weighted by Gasteiger charge is -2.24. The molecule has 0 aliphatic carbocycles. The van der Waals surface area contributed by atoms with Crippen molar-refractivity contribution in [1.29, 1.82) is 0 Å². The first-order valence-electron chi connectivity index (χ1n) is 9.49. The molecule has 0 spiro atoms. The molecule has 0 bridgehead atoms. The number of aryl methyl sites for hydroxylation is 3. The molecule has 0 aliphatic rings. The fraction of sp³-hybridized carbons (Fsp3) is 0.429. The van der Waals surface area contributed by atoms with E-state index < -0.39 is 20.1 Å². The van der Waals surface area contributed by atoms with E-state index in [1.807, 2.05) is 19.1 Å². The largest absolute Gasteiger partial charge is 0.385 e. The minimum Gasteiger partial charge on any atom is -0.385 e. The average Bonchev–Trinajstić information content (AvgIpc) is 2.60. The molecule has 0 saturated heterocycles. The minimum absolute atomic E-state index is 0.151. The molecule has 166 valence electrons. The van der Waals surface area contributed by atoms with Gasteiger partial charge in [0.25, 0.3) is 0 Å². The average molecular weight is 456 g/mol. The number of methoxy groups -OCH3 is 1. The van der Waals surface area contributed by atoms with E-state index in [9.17, 15) is 16.8 Å². The quantitative estimate of drug-likeness (QED) is 0.404. The van der Waals surface area contributed by atoms with E-state index in [0.717, 1.165) is 17.4 Å². The SMILES string of the molecule is COCCCN(Cc1ccc(OS(C)(=O)=O)cc1)S(=O)(=O)c1c(C)cc(C)cc1C. The van der Waals surface area contributed by atoms with E-state index >= 15 is 0 Å². The van der Waals surface area contributed by atoms with Crippen LogP contribution in [0.3, 0.4) is 0 Å². The van der Waals surface area contributed by atoms with Crippen LogP contribution in [0.1, 0.15) is 28.7 Å². The summed E-state index contributed by atoms with van der Waals surface area (Å²) in [6.07, 6.45) is 1.52. The summed E-state index contributed by atoms with van der Waals surface area (Å²) in [6.45, 7) is 6.43. The topological polar surface area (TPSA) is 90.0 Å². The first kappa shape index (κ1) is 24.3. The Kier molecular flexibility index (Phi) is 8.04. The summed E-state index contributed by atoms with van der Waals surface area (Å²) in [5.41, 5.74) is 3.15. The van der Waals surface area contributed by atoms with Crippen molar-refractivity contribution < 1.29 is 25.8 Å². The van der Waals surface area contributed by atoms with Gasteiger partial charge in [-0.2, -0.15) is 12.7 Å². The van der Waals surface area contributed by atoms with Crippen molar-refractivity contribution in [2.75, 3.05) is 26.5 Å². The molecule has 0 N–H and O–H groups in total. The zero-order valence-electron chi connectivity index (χ0n) is 18.0. The lowest BCUT2D eigenvalue weighted by atomic mass is 10.1. The highest BCUT2D eigenvalue weighted by Gasteiger charge is 2.28. The Balaban J connectivity index is 2.36. The lowest BCUT2D eigenvalue weighted by molar-refractivity contribution is 0.186. The smallest absolute Gasteiger partial charge is 0.306 e. The van der Waals surface area contributed by atoms with Crippen LogP contribution in [0.5, 0.6) is 5.75 Å². The van der Waals surface area contributed by atoms with Gasteiger partial charge in [-0.05, 0) is 56.0 Å². The van der Waals surface area contributed by atoms with E-state index in [1.165, 1.54) is 16.4 Å². The van der Waals surface area contributed by atoms with Crippen molar-refractivity contribution in [2.45, 2.75) is 38.6 Å². The third kappa shape index (κ3) is 6.53. The molecule has 0 fully saturated rings. The fourth-order valence-corrected chi connectivity index (χ4v) is 5.74. The standard InChI is InChI=1S/C21H29NO6S2/c1-16-13-17(2)21(18(3)14-16)30(25,26)22(11-6-12-27-4)15-19-7-9-20(10-8-19)28-29(5,23)24/h7-10,13-14H,6,11-12,15H2,1-5H3. The molecule has 2 rings (SSSR count). The minimum atomic E-state index is -3.75. The molecule has 7 nitrogen and oxygen atoms in total. The van der Waals surface area contributed by atoms with Gasteiger partial charge in [0.15, 0.2) is 0 Å². The van der Waals surface area contributed by atoms with Crippen LogP contribution in [-0.4, -0.2) is 47.7 Å². The Hall–Kier alpha value is -1.94. The van der Waals surface area contributed by atoms with E-state index in [0.29, 0.717) is 35.6 Å². The Morgan fingerprint density at radius 1 is 0.933 bits per heavy atom. The van der Waals surface area contributed by atoms with Gasteiger partial charge in [-0.3, -0.25) is 0 Å². The first-order chi connectivity index (χ1) is 13.9. The van der Waals surface area contributed by atoms with E-state index in [1.54, 1.807) is 33.1 Å².